The van der Waals surface area contributed by atoms with E-state index in [1.807, 2.05) is 20.8 Å². The molecule has 1 aliphatic rings. The lowest BCUT2D eigenvalue weighted by molar-refractivity contribution is -0.121. The summed E-state index contributed by atoms with van der Waals surface area (Å²) in [6.07, 6.45) is 0.755. The van der Waals surface area contributed by atoms with Crippen molar-refractivity contribution in [2.24, 2.45) is 11.0 Å². The molecule has 0 spiro atoms. The van der Waals surface area contributed by atoms with Gasteiger partial charge in [0, 0.05) is 18.9 Å². The van der Waals surface area contributed by atoms with E-state index in [0.717, 1.165) is 0 Å². The molecule has 84 valence electrons. The number of hydrazone groups is 1. The maximum absolute atomic E-state index is 11.6. The van der Waals surface area contributed by atoms with Gasteiger partial charge >= 0.3 is 0 Å². The van der Waals surface area contributed by atoms with Gasteiger partial charge in [0.2, 0.25) is 5.91 Å². The molecule has 1 unspecified atom stereocenters. The lowest BCUT2D eigenvalue weighted by Crippen LogP contribution is -2.42. The van der Waals surface area contributed by atoms with Gasteiger partial charge in [0.1, 0.15) is 5.71 Å². The normalized spacial score (nSPS) is 18.1. The SMILES string of the molecule is CC(C)C(C)NC(=O)C1=NNC(=O)CC1. The first-order valence-corrected chi connectivity index (χ1v) is 5.17. The fraction of sp³-hybridized carbons (Fsp3) is 0.700. The van der Waals surface area contributed by atoms with E-state index in [-0.39, 0.29) is 17.9 Å². The number of amides is 2. The molecule has 1 atom stereocenters. The molecule has 0 radical (unpaired) electrons. The largest absolute Gasteiger partial charge is 0.348 e. The molecule has 2 amide bonds. The number of carbonyl (C=O) groups excluding carboxylic acids is 2. The molecule has 1 aliphatic heterocycles. The summed E-state index contributed by atoms with van der Waals surface area (Å²) >= 11 is 0. The molecule has 5 nitrogen and oxygen atoms in total. The average molecular weight is 211 g/mol. The van der Waals surface area contributed by atoms with Crippen LogP contribution in [-0.2, 0) is 9.59 Å². The van der Waals surface area contributed by atoms with Crippen molar-refractivity contribution in [2.75, 3.05) is 0 Å². The van der Waals surface area contributed by atoms with Crippen LogP contribution in [0.1, 0.15) is 33.6 Å². The minimum absolute atomic E-state index is 0.109. The Morgan fingerprint density at radius 2 is 2.07 bits per heavy atom. The Balaban J connectivity index is 2.51. The smallest absolute Gasteiger partial charge is 0.267 e. The highest BCUT2D eigenvalue weighted by Crippen LogP contribution is 2.03. The summed E-state index contributed by atoms with van der Waals surface area (Å²) in [6, 6.07) is 0.109. The molecule has 0 bridgehead atoms. The van der Waals surface area contributed by atoms with Crippen LogP contribution in [0.15, 0.2) is 5.10 Å². The van der Waals surface area contributed by atoms with E-state index in [1.165, 1.54) is 0 Å². The summed E-state index contributed by atoms with van der Waals surface area (Å²) < 4.78 is 0. The molecule has 0 fully saturated rings. The van der Waals surface area contributed by atoms with Crippen LogP contribution in [-0.4, -0.2) is 23.6 Å². The summed E-state index contributed by atoms with van der Waals surface area (Å²) in [4.78, 5) is 22.4. The monoisotopic (exact) mass is 211 g/mol. The second-order valence-electron chi connectivity index (χ2n) is 4.10. The predicted molar refractivity (Wildman–Crippen MR) is 57.3 cm³/mol. The van der Waals surface area contributed by atoms with Crippen LogP contribution < -0.4 is 10.7 Å². The molecule has 1 heterocycles. The first-order valence-electron chi connectivity index (χ1n) is 5.17. The van der Waals surface area contributed by atoms with Crippen molar-refractivity contribution >= 4 is 17.5 Å². The van der Waals surface area contributed by atoms with Crippen LogP contribution in [0.3, 0.4) is 0 Å². The number of hydrogen-bond donors (Lipinski definition) is 2. The fourth-order valence-corrected chi connectivity index (χ4v) is 1.09. The Hall–Kier alpha value is -1.39. The molecule has 15 heavy (non-hydrogen) atoms. The Morgan fingerprint density at radius 1 is 1.40 bits per heavy atom. The summed E-state index contributed by atoms with van der Waals surface area (Å²) in [5.41, 5.74) is 2.71. The summed E-state index contributed by atoms with van der Waals surface area (Å²) in [6.45, 7) is 6.02. The molecule has 2 N–H and O–H groups in total. The van der Waals surface area contributed by atoms with Gasteiger partial charge in [-0.15, -0.1) is 0 Å². The lowest BCUT2D eigenvalue weighted by Gasteiger charge is -2.19. The molecular weight excluding hydrogens is 194 g/mol. The number of nitrogens with one attached hydrogen (secondary N) is 2. The summed E-state index contributed by atoms with van der Waals surface area (Å²) in [5.74, 6) is 0.0624. The Labute approximate surface area is 89.3 Å². The maximum Gasteiger partial charge on any atom is 0.267 e. The topological polar surface area (TPSA) is 70.6 Å². The quantitative estimate of drug-likeness (QED) is 0.710. The van der Waals surface area contributed by atoms with E-state index in [2.05, 4.69) is 15.8 Å². The molecule has 0 aliphatic carbocycles. The third kappa shape index (κ3) is 3.34. The van der Waals surface area contributed by atoms with E-state index < -0.39 is 0 Å². The van der Waals surface area contributed by atoms with Crippen LogP contribution in [0.5, 0.6) is 0 Å². The van der Waals surface area contributed by atoms with Gasteiger partial charge in [0.15, 0.2) is 0 Å². The van der Waals surface area contributed by atoms with Crippen molar-refractivity contribution < 1.29 is 9.59 Å². The van der Waals surface area contributed by atoms with Gasteiger partial charge in [-0.1, -0.05) is 13.8 Å². The Kier molecular flexibility index (Phi) is 3.82. The number of carbonyl (C=O) groups is 2. The van der Waals surface area contributed by atoms with Crippen molar-refractivity contribution in [3.05, 3.63) is 0 Å². The van der Waals surface area contributed by atoms with E-state index >= 15 is 0 Å². The van der Waals surface area contributed by atoms with Gasteiger partial charge in [-0.3, -0.25) is 9.59 Å². The molecular formula is C10H17N3O2. The van der Waals surface area contributed by atoms with Crippen LogP contribution >= 0.6 is 0 Å². The second-order valence-corrected chi connectivity index (χ2v) is 4.10. The zero-order valence-electron chi connectivity index (χ0n) is 9.33. The van der Waals surface area contributed by atoms with Gasteiger partial charge in [0.05, 0.1) is 0 Å². The van der Waals surface area contributed by atoms with Crippen LogP contribution in [0.2, 0.25) is 0 Å². The van der Waals surface area contributed by atoms with Crippen LogP contribution in [0, 0.1) is 5.92 Å². The molecule has 0 aromatic rings. The van der Waals surface area contributed by atoms with Gasteiger partial charge in [-0.05, 0) is 12.8 Å². The second kappa shape index (κ2) is 4.91. The fourth-order valence-electron chi connectivity index (χ4n) is 1.09. The van der Waals surface area contributed by atoms with Crippen molar-refractivity contribution in [3.63, 3.8) is 0 Å². The van der Waals surface area contributed by atoms with Crippen molar-refractivity contribution in [2.45, 2.75) is 39.7 Å². The summed E-state index contributed by atoms with van der Waals surface area (Å²) in [7, 11) is 0. The molecule has 1 rings (SSSR count). The van der Waals surface area contributed by atoms with E-state index in [4.69, 9.17) is 0 Å². The minimum atomic E-state index is -0.184. The van der Waals surface area contributed by atoms with Gasteiger partial charge in [-0.25, -0.2) is 5.43 Å². The van der Waals surface area contributed by atoms with Crippen molar-refractivity contribution in [1.29, 1.82) is 0 Å². The number of nitrogens with zero attached hydrogens (tertiary/aromatic N) is 1. The third-order valence-corrected chi connectivity index (χ3v) is 2.53. The first-order chi connectivity index (χ1) is 7.00. The van der Waals surface area contributed by atoms with Crippen LogP contribution in [0.25, 0.3) is 0 Å². The summed E-state index contributed by atoms with van der Waals surface area (Å²) in [5, 5.41) is 6.57. The van der Waals surface area contributed by atoms with E-state index in [9.17, 15) is 9.59 Å². The van der Waals surface area contributed by atoms with E-state index in [0.29, 0.717) is 24.5 Å². The van der Waals surface area contributed by atoms with Crippen molar-refractivity contribution in [1.82, 2.24) is 10.7 Å². The minimum Gasteiger partial charge on any atom is -0.348 e. The first kappa shape index (κ1) is 11.7. The maximum atomic E-state index is 11.6. The highest BCUT2D eigenvalue weighted by Gasteiger charge is 2.20. The standard InChI is InChI=1S/C10H17N3O2/c1-6(2)7(3)11-10(15)8-4-5-9(14)13-12-8/h6-7H,4-5H2,1-3H3,(H,11,15)(H,13,14). The van der Waals surface area contributed by atoms with Crippen LogP contribution in [0.4, 0.5) is 0 Å². The Morgan fingerprint density at radius 3 is 2.53 bits per heavy atom. The third-order valence-electron chi connectivity index (χ3n) is 2.53. The highest BCUT2D eigenvalue weighted by atomic mass is 16.2. The number of hydrogen-bond acceptors (Lipinski definition) is 3. The molecule has 0 saturated carbocycles. The molecule has 5 heteroatoms. The average Bonchev–Trinajstić information content (AvgIpc) is 2.18. The van der Waals surface area contributed by atoms with E-state index in [1.54, 1.807) is 0 Å². The molecule has 0 aromatic heterocycles. The van der Waals surface area contributed by atoms with Gasteiger partial charge in [0.25, 0.3) is 5.91 Å². The predicted octanol–water partition coefficient (Wildman–Crippen LogP) is 0.413. The molecule has 0 saturated heterocycles. The zero-order chi connectivity index (χ0) is 11.4. The van der Waals surface area contributed by atoms with Gasteiger partial charge < -0.3 is 5.32 Å². The Bertz CT molecular complexity index is 297. The lowest BCUT2D eigenvalue weighted by atomic mass is 10.1. The van der Waals surface area contributed by atoms with Crippen molar-refractivity contribution in [3.8, 4) is 0 Å². The van der Waals surface area contributed by atoms with Gasteiger partial charge in [-0.2, -0.15) is 5.10 Å². The highest BCUT2D eigenvalue weighted by molar-refractivity contribution is 6.39. The molecule has 0 aromatic carbocycles. The zero-order valence-corrected chi connectivity index (χ0v) is 9.33. The number of rotatable bonds is 3.